The molecule has 3 rings (SSSR count). The highest BCUT2D eigenvalue weighted by atomic mass is 32.2. The van der Waals surface area contributed by atoms with Crippen LogP contribution >= 0.6 is 11.8 Å². The first-order valence-electron chi connectivity index (χ1n) is 5.90. The SMILES string of the molecule is OC1(CSc2nnnn2C2CC2)CCCC1. The second-order valence-corrected chi connectivity index (χ2v) is 5.80. The molecule has 0 unspecified atom stereocenters. The maximum Gasteiger partial charge on any atom is 0.209 e. The highest BCUT2D eigenvalue weighted by Crippen LogP contribution is 2.38. The van der Waals surface area contributed by atoms with E-state index in [0.717, 1.165) is 36.6 Å². The van der Waals surface area contributed by atoms with Gasteiger partial charge in [-0.3, -0.25) is 0 Å². The van der Waals surface area contributed by atoms with Gasteiger partial charge in [-0.05, 0) is 36.1 Å². The molecule has 2 saturated carbocycles. The number of rotatable bonds is 4. The molecule has 0 saturated heterocycles. The highest BCUT2D eigenvalue weighted by Gasteiger charge is 2.33. The summed E-state index contributed by atoms with van der Waals surface area (Å²) in [5.41, 5.74) is -0.481. The van der Waals surface area contributed by atoms with Crippen LogP contribution in [0.2, 0.25) is 0 Å². The topological polar surface area (TPSA) is 63.8 Å². The van der Waals surface area contributed by atoms with Crippen LogP contribution in [0.3, 0.4) is 0 Å². The highest BCUT2D eigenvalue weighted by molar-refractivity contribution is 7.99. The van der Waals surface area contributed by atoms with Gasteiger partial charge in [0.15, 0.2) is 0 Å². The van der Waals surface area contributed by atoms with Crippen LogP contribution in [0.1, 0.15) is 44.6 Å². The molecule has 88 valence electrons. The summed E-state index contributed by atoms with van der Waals surface area (Å²) >= 11 is 1.59. The third-order valence-corrected chi connectivity index (χ3v) is 4.57. The first-order chi connectivity index (χ1) is 7.77. The first kappa shape index (κ1) is 10.5. The van der Waals surface area contributed by atoms with Gasteiger partial charge in [-0.25, -0.2) is 4.68 Å². The van der Waals surface area contributed by atoms with E-state index >= 15 is 0 Å². The number of aromatic nitrogens is 4. The van der Waals surface area contributed by atoms with E-state index in [1.54, 1.807) is 11.8 Å². The molecule has 1 heterocycles. The van der Waals surface area contributed by atoms with Crippen LogP contribution in [0.25, 0.3) is 0 Å². The molecule has 6 heteroatoms. The Morgan fingerprint density at radius 3 is 2.81 bits per heavy atom. The summed E-state index contributed by atoms with van der Waals surface area (Å²) in [6.07, 6.45) is 6.50. The van der Waals surface area contributed by atoms with Crippen LogP contribution in [0.5, 0.6) is 0 Å². The molecule has 2 aliphatic carbocycles. The van der Waals surface area contributed by atoms with Crippen molar-refractivity contribution in [2.45, 2.75) is 55.3 Å². The Bertz CT molecular complexity index is 371. The number of aliphatic hydroxyl groups is 1. The molecule has 0 aromatic carbocycles. The van der Waals surface area contributed by atoms with Gasteiger partial charge < -0.3 is 5.11 Å². The summed E-state index contributed by atoms with van der Waals surface area (Å²) in [6, 6.07) is 0.510. The molecular formula is C10H16N4OS. The summed E-state index contributed by atoms with van der Waals surface area (Å²) in [7, 11) is 0. The van der Waals surface area contributed by atoms with Gasteiger partial charge in [0.1, 0.15) is 0 Å². The lowest BCUT2D eigenvalue weighted by Crippen LogP contribution is -2.27. The van der Waals surface area contributed by atoms with Crippen LogP contribution in [-0.2, 0) is 0 Å². The number of thioether (sulfide) groups is 1. The fourth-order valence-electron chi connectivity index (χ4n) is 2.21. The van der Waals surface area contributed by atoms with Crippen molar-refractivity contribution < 1.29 is 5.11 Å². The molecule has 1 N–H and O–H groups in total. The van der Waals surface area contributed by atoms with Crippen molar-refractivity contribution in [3.8, 4) is 0 Å². The van der Waals surface area contributed by atoms with Crippen molar-refractivity contribution in [1.82, 2.24) is 20.2 Å². The minimum Gasteiger partial charge on any atom is -0.389 e. The molecule has 16 heavy (non-hydrogen) atoms. The van der Waals surface area contributed by atoms with Crippen LogP contribution in [0.4, 0.5) is 0 Å². The first-order valence-corrected chi connectivity index (χ1v) is 6.88. The lowest BCUT2D eigenvalue weighted by atomic mass is 10.1. The van der Waals surface area contributed by atoms with Gasteiger partial charge in [-0.2, -0.15) is 0 Å². The van der Waals surface area contributed by atoms with Gasteiger partial charge in [0.05, 0.1) is 11.6 Å². The molecule has 2 aliphatic rings. The van der Waals surface area contributed by atoms with Crippen LogP contribution in [0.15, 0.2) is 5.16 Å². The molecule has 1 aromatic heterocycles. The second-order valence-electron chi connectivity index (χ2n) is 4.86. The van der Waals surface area contributed by atoms with E-state index < -0.39 is 5.60 Å². The van der Waals surface area contributed by atoms with Gasteiger partial charge in [-0.1, -0.05) is 24.6 Å². The van der Waals surface area contributed by atoms with E-state index in [4.69, 9.17) is 0 Å². The number of hydrogen-bond donors (Lipinski definition) is 1. The number of tetrazole rings is 1. The summed E-state index contributed by atoms with van der Waals surface area (Å²) in [6.45, 7) is 0. The van der Waals surface area contributed by atoms with Crippen LogP contribution in [-0.4, -0.2) is 36.7 Å². The lowest BCUT2D eigenvalue weighted by Gasteiger charge is -2.20. The second kappa shape index (κ2) is 4.00. The molecule has 0 atom stereocenters. The molecule has 0 bridgehead atoms. The van der Waals surface area contributed by atoms with Gasteiger partial charge in [0.25, 0.3) is 0 Å². The van der Waals surface area contributed by atoms with Gasteiger partial charge in [-0.15, -0.1) is 5.10 Å². The minimum absolute atomic E-state index is 0.481. The third-order valence-electron chi connectivity index (χ3n) is 3.36. The Balaban J connectivity index is 1.63. The molecule has 5 nitrogen and oxygen atoms in total. The molecule has 0 amide bonds. The predicted molar refractivity (Wildman–Crippen MR) is 60.2 cm³/mol. The van der Waals surface area contributed by atoms with Gasteiger partial charge >= 0.3 is 0 Å². The fourth-order valence-corrected chi connectivity index (χ4v) is 3.30. The van der Waals surface area contributed by atoms with E-state index in [1.807, 2.05) is 4.68 Å². The Hall–Kier alpha value is -0.620. The zero-order chi connectivity index (χ0) is 11.0. The van der Waals surface area contributed by atoms with E-state index in [9.17, 15) is 5.11 Å². The molecule has 0 aliphatic heterocycles. The van der Waals surface area contributed by atoms with E-state index in [2.05, 4.69) is 15.5 Å². The Morgan fingerprint density at radius 1 is 1.38 bits per heavy atom. The quantitative estimate of drug-likeness (QED) is 0.806. The maximum absolute atomic E-state index is 10.2. The monoisotopic (exact) mass is 240 g/mol. The molecule has 0 radical (unpaired) electrons. The van der Waals surface area contributed by atoms with Crippen molar-refractivity contribution in [2.75, 3.05) is 5.75 Å². The zero-order valence-corrected chi connectivity index (χ0v) is 9.99. The minimum atomic E-state index is -0.481. The zero-order valence-electron chi connectivity index (χ0n) is 9.17. The number of hydrogen-bond acceptors (Lipinski definition) is 5. The average molecular weight is 240 g/mol. The lowest BCUT2D eigenvalue weighted by molar-refractivity contribution is 0.0732. The molecule has 0 spiro atoms. The van der Waals surface area contributed by atoms with Crippen molar-refractivity contribution >= 4 is 11.8 Å². The van der Waals surface area contributed by atoms with Crippen molar-refractivity contribution in [3.05, 3.63) is 0 Å². The average Bonchev–Trinajstić information content (AvgIpc) is 2.86. The largest absolute Gasteiger partial charge is 0.389 e. The summed E-state index contributed by atoms with van der Waals surface area (Å²) in [5.74, 6) is 0.722. The van der Waals surface area contributed by atoms with Crippen molar-refractivity contribution in [1.29, 1.82) is 0 Å². The smallest absolute Gasteiger partial charge is 0.209 e. The van der Waals surface area contributed by atoms with Crippen molar-refractivity contribution in [3.63, 3.8) is 0 Å². The molecule has 1 aromatic rings. The fraction of sp³-hybridized carbons (Fsp3) is 0.900. The maximum atomic E-state index is 10.2. The normalized spacial score (nSPS) is 23.8. The predicted octanol–water partition coefficient (Wildman–Crippen LogP) is 1.41. The third kappa shape index (κ3) is 2.08. The van der Waals surface area contributed by atoms with Gasteiger partial charge in [0, 0.05) is 5.75 Å². The summed E-state index contributed by atoms with van der Waals surface area (Å²) in [5, 5.41) is 22.8. The Labute approximate surface area is 98.6 Å². The summed E-state index contributed by atoms with van der Waals surface area (Å²) < 4.78 is 1.91. The molecular weight excluding hydrogens is 224 g/mol. The summed E-state index contributed by atoms with van der Waals surface area (Å²) in [4.78, 5) is 0. The van der Waals surface area contributed by atoms with Crippen molar-refractivity contribution in [2.24, 2.45) is 0 Å². The van der Waals surface area contributed by atoms with Crippen LogP contribution in [0, 0.1) is 0 Å². The van der Waals surface area contributed by atoms with Gasteiger partial charge in [0.2, 0.25) is 5.16 Å². The Kier molecular flexibility index (Phi) is 2.63. The van der Waals surface area contributed by atoms with E-state index in [-0.39, 0.29) is 0 Å². The van der Waals surface area contributed by atoms with E-state index in [1.165, 1.54) is 12.8 Å². The van der Waals surface area contributed by atoms with E-state index in [0.29, 0.717) is 6.04 Å². The number of nitrogens with zero attached hydrogens (tertiary/aromatic N) is 4. The molecule has 2 fully saturated rings. The van der Waals surface area contributed by atoms with Crippen LogP contribution < -0.4 is 0 Å². The Morgan fingerprint density at radius 2 is 2.12 bits per heavy atom. The standard InChI is InChI=1S/C10H16N4OS/c15-10(5-1-2-6-10)7-16-9-11-12-13-14(9)8-3-4-8/h8,15H,1-7H2.